The number of H-pyrrole nitrogens is 1. The van der Waals surface area contributed by atoms with Crippen LogP contribution in [0.4, 0.5) is 0 Å². The fourth-order valence-corrected chi connectivity index (χ4v) is 3.60. The minimum absolute atomic E-state index is 0.231. The molecule has 0 unspecified atom stereocenters. The van der Waals surface area contributed by atoms with Crippen molar-refractivity contribution in [2.75, 3.05) is 6.79 Å². The van der Waals surface area contributed by atoms with E-state index >= 15 is 0 Å². The average molecular weight is 372 g/mol. The van der Waals surface area contributed by atoms with Crippen LogP contribution >= 0.6 is 11.3 Å². The van der Waals surface area contributed by atoms with Crippen LogP contribution in [0.3, 0.4) is 0 Å². The van der Waals surface area contributed by atoms with Crippen LogP contribution < -0.4 is 9.47 Å². The van der Waals surface area contributed by atoms with Crippen molar-refractivity contribution in [1.82, 2.24) is 15.0 Å². The second-order valence-electron chi connectivity index (χ2n) is 5.90. The number of ether oxygens (including phenoxy) is 2. The molecule has 0 fully saturated rings. The molecule has 2 aromatic heterocycles. The van der Waals surface area contributed by atoms with Gasteiger partial charge in [0.15, 0.2) is 11.5 Å². The summed E-state index contributed by atoms with van der Waals surface area (Å²) < 4.78 is 10.9. The van der Waals surface area contributed by atoms with Gasteiger partial charge in [0, 0.05) is 22.7 Å². The minimum atomic E-state index is 0.231. The third-order valence-electron chi connectivity index (χ3n) is 4.28. The lowest BCUT2D eigenvalue weighted by atomic mass is 10.1. The number of thiazole rings is 1. The molecule has 6 nitrogen and oxygen atoms in total. The van der Waals surface area contributed by atoms with E-state index < -0.39 is 0 Å². The van der Waals surface area contributed by atoms with Gasteiger partial charge in [-0.2, -0.15) is 5.26 Å². The zero-order valence-corrected chi connectivity index (χ0v) is 14.8. The highest BCUT2D eigenvalue weighted by Gasteiger charge is 2.20. The first-order valence-electron chi connectivity index (χ1n) is 8.22. The van der Waals surface area contributed by atoms with Crippen LogP contribution in [0.25, 0.3) is 33.3 Å². The van der Waals surface area contributed by atoms with Crippen LogP contribution in [-0.2, 0) is 0 Å². The molecule has 1 aliphatic heterocycles. The zero-order valence-electron chi connectivity index (χ0n) is 14.0. The highest BCUT2D eigenvalue weighted by Crippen LogP contribution is 2.39. The monoisotopic (exact) mass is 372 g/mol. The van der Waals surface area contributed by atoms with Crippen molar-refractivity contribution in [2.45, 2.75) is 0 Å². The summed E-state index contributed by atoms with van der Waals surface area (Å²) in [5, 5.41) is 11.8. The lowest BCUT2D eigenvalue weighted by Crippen LogP contribution is -1.92. The van der Waals surface area contributed by atoms with Gasteiger partial charge in [-0.15, -0.1) is 11.3 Å². The number of benzene rings is 2. The summed E-state index contributed by atoms with van der Waals surface area (Å²) in [4.78, 5) is 12.6. The third-order valence-corrected chi connectivity index (χ3v) is 5.07. The highest BCUT2D eigenvalue weighted by molar-refractivity contribution is 7.13. The Morgan fingerprint density at radius 3 is 2.63 bits per heavy atom. The van der Waals surface area contributed by atoms with Gasteiger partial charge >= 0.3 is 0 Å². The first-order valence-corrected chi connectivity index (χ1v) is 9.10. The largest absolute Gasteiger partial charge is 0.454 e. The Balaban J connectivity index is 1.65. The number of nitrogens with zero attached hydrogens (tertiary/aromatic N) is 3. The van der Waals surface area contributed by atoms with Crippen LogP contribution in [0, 0.1) is 11.3 Å². The predicted molar refractivity (Wildman–Crippen MR) is 101 cm³/mol. The fraction of sp³-hybridized carbons (Fsp3) is 0.0500. The number of hydrogen-bond donors (Lipinski definition) is 1. The fourth-order valence-electron chi connectivity index (χ4n) is 2.97. The molecule has 0 radical (unpaired) electrons. The third kappa shape index (κ3) is 2.72. The molecule has 0 bridgehead atoms. The minimum Gasteiger partial charge on any atom is -0.454 e. The summed E-state index contributed by atoms with van der Waals surface area (Å²) in [7, 11) is 0. The van der Waals surface area contributed by atoms with Gasteiger partial charge in [0.1, 0.15) is 16.5 Å². The summed E-state index contributed by atoms with van der Waals surface area (Å²) in [6.45, 7) is 0.231. The molecule has 130 valence electrons. The number of aromatic nitrogens is 3. The lowest BCUT2D eigenvalue weighted by molar-refractivity contribution is 0.174. The van der Waals surface area contributed by atoms with Gasteiger partial charge in [0.2, 0.25) is 6.79 Å². The van der Waals surface area contributed by atoms with Crippen LogP contribution in [0.2, 0.25) is 0 Å². The van der Waals surface area contributed by atoms with E-state index in [0.717, 1.165) is 39.1 Å². The van der Waals surface area contributed by atoms with Crippen molar-refractivity contribution in [3.63, 3.8) is 0 Å². The second kappa shape index (κ2) is 6.27. The van der Waals surface area contributed by atoms with Gasteiger partial charge in [-0.05, 0) is 42.5 Å². The van der Waals surface area contributed by atoms with E-state index in [1.54, 1.807) is 29.7 Å². The van der Waals surface area contributed by atoms with Crippen molar-refractivity contribution in [3.8, 4) is 50.9 Å². The SMILES string of the molecule is N#Cc1ccc(-c2nc(-c3ccc4c(c3)OCO4)c(-c3nccs3)[nH]2)cc1. The molecule has 4 aromatic rings. The van der Waals surface area contributed by atoms with Crippen LogP contribution in [0.15, 0.2) is 54.0 Å². The quantitative estimate of drug-likeness (QED) is 0.574. The molecule has 5 rings (SSSR count). The smallest absolute Gasteiger partial charge is 0.231 e. The molecule has 0 atom stereocenters. The lowest BCUT2D eigenvalue weighted by Gasteiger charge is -2.02. The number of nitriles is 1. The molecule has 0 saturated heterocycles. The molecular formula is C20H12N4O2S. The topological polar surface area (TPSA) is 83.8 Å². The van der Waals surface area contributed by atoms with E-state index in [4.69, 9.17) is 19.7 Å². The molecule has 1 aliphatic rings. The summed E-state index contributed by atoms with van der Waals surface area (Å²) in [6.07, 6.45) is 1.77. The maximum Gasteiger partial charge on any atom is 0.231 e. The molecule has 1 N–H and O–H groups in total. The zero-order chi connectivity index (χ0) is 18.2. The Morgan fingerprint density at radius 1 is 1.04 bits per heavy atom. The molecule has 3 heterocycles. The van der Waals surface area contributed by atoms with Crippen molar-refractivity contribution in [3.05, 3.63) is 59.6 Å². The van der Waals surface area contributed by atoms with E-state index in [1.165, 1.54) is 0 Å². The van der Waals surface area contributed by atoms with Crippen LogP contribution in [-0.4, -0.2) is 21.7 Å². The van der Waals surface area contributed by atoms with Crippen molar-refractivity contribution in [2.24, 2.45) is 0 Å². The maximum atomic E-state index is 9.00. The molecule has 0 spiro atoms. The first-order chi connectivity index (χ1) is 13.3. The second-order valence-corrected chi connectivity index (χ2v) is 6.80. The molecule has 0 amide bonds. The van der Waals surface area contributed by atoms with Gasteiger partial charge < -0.3 is 14.5 Å². The number of fused-ring (bicyclic) bond motifs is 1. The van der Waals surface area contributed by atoms with Crippen LogP contribution in [0.5, 0.6) is 11.5 Å². The molecule has 2 aromatic carbocycles. The van der Waals surface area contributed by atoms with E-state index in [0.29, 0.717) is 11.3 Å². The Bertz CT molecular complexity index is 1160. The Labute approximate surface area is 158 Å². The van der Waals surface area contributed by atoms with Gasteiger partial charge in [-0.1, -0.05) is 0 Å². The van der Waals surface area contributed by atoms with E-state index in [2.05, 4.69) is 16.0 Å². The average Bonchev–Trinajstić information content (AvgIpc) is 3.47. The Morgan fingerprint density at radius 2 is 1.85 bits per heavy atom. The number of imidazole rings is 1. The number of hydrogen-bond acceptors (Lipinski definition) is 6. The standard InChI is InChI=1S/C20H12N4O2S/c21-10-12-1-3-13(4-2-12)19-23-17(18(24-19)20-22-7-8-27-20)14-5-6-15-16(9-14)26-11-25-15/h1-9H,11H2,(H,23,24). The van der Waals surface area contributed by atoms with Crippen molar-refractivity contribution < 1.29 is 9.47 Å². The molecule has 27 heavy (non-hydrogen) atoms. The Kier molecular flexibility index (Phi) is 3.62. The normalized spacial score (nSPS) is 12.1. The van der Waals surface area contributed by atoms with E-state index in [1.807, 2.05) is 35.7 Å². The summed E-state index contributed by atoms with van der Waals surface area (Å²) in [5.74, 6) is 2.16. The summed E-state index contributed by atoms with van der Waals surface area (Å²) in [5.41, 5.74) is 4.08. The Hall–Kier alpha value is -3.63. The highest BCUT2D eigenvalue weighted by atomic mass is 32.1. The number of rotatable bonds is 3. The van der Waals surface area contributed by atoms with Gasteiger partial charge in [-0.3, -0.25) is 0 Å². The molecular weight excluding hydrogens is 360 g/mol. The molecule has 0 saturated carbocycles. The van der Waals surface area contributed by atoms with Crippen molar-refractivity contribution >= 4 is 11.3 Å². The van der Waals surface area contributed by atoms with Gasteiger partial charge in [0.25, 0.3) is 0 Å². The number of nitrogens with one attached hydrogen (secondary N) is 1. The van der Waals surface area contributed by atoms with Gasteiger partial charge in [-0.25, -0.2) is 9.97 Å². The number of aromatic amines is 1. The van der Waals surface area contributed by atoms with Crippen LogP contribution in [0.1, 0.15) is 5.56 Å². The first kappa shape index (κ1) is 15.6. The van der Waals surface area contributed by atoms with E-state index in [9.17, 15) is 0 Å². The van der Waals surface area contributed by atoms with Gasteiger partial charge in [0.05, 0.1) is 17.3 Å². The molecule has 0 aliphatic carbocycles. The predicted octanol–water partition coefficient (Wildman–Crippen LogP) is 4.47. The summed E-state index contributed by atoms with van der Waals surface area (Å²) in [6, 6.07) is 15.2. The van der Waals surface area contributed by atoms with E-state index in [-0.39, 0.29) is 6.79 Å². The maximum absolute atomic E-state index is 9.00. The van der Waals surface area contributed by atoms with Crippen molar-refractivity contribution in [1.29, 1.82) is 5.26 Å². The summed E-state index contributed by atoms with van der Waals surface area (Å²) >= 11 is 1.54. The molecule has 7 heteroatoms.